The molecule has 0 atom stereocenters. The maximum atomic E-state index is 11.5. The molecule has 0 unspecified atom stereocenters. The van der Waals surface area contributed by atoms with Crippen LogP contribution < -0.4 is 15.5 Å². The highest BCUT2D eigenvalue weighted by molar-refractivity contribution is 6.30. The first-order chi connectivity index (χ1) is 12.6. The van der Waals surface area contributed by atoms with Gasteiger partial charge in [-0.3, -0.25) is 9.78 Å². The topological polar surface area (TPSA) is 62.5 Å². The van der Waals surface area contributed by atoms with E-state index in [-0.39, 0.29) is 0 Å². The van der Waals surface area contributed by atoms with Gasteiger partial charge in [-0.25, -0.2) is 0 Å². The molecule has 0 bridgehead atoms. The van der Waals surface area contributed by atoms with Crippen LogP contribution in [-0.4, -0.2) is 37.1 Å². The summed E-state index contributed by atoms with van der Waals surface area (Å²) >= 11 is 5.98. The van der Waals surface area contributed by atoms with Gasteiger partial charge in [-0.1, -0.05) is 17.7 Å². The van der Waals surface area contributed by atoms with Crippen molar-refractivity contribution in [3.63, 3.8) is 0 Å². The maximum Gasteiger partial charge on any atom is 0.248 e. The number of carbonyl (C=O) groups is 1. The molecule has 0 saturated carbocycles. The average molecular weight is 367 g/mol. The Morgan fingerprint density at radius 1 is 0.962 bits per heavy atom. The van der Waals surface area contributed by atoms with Crippen molar-refractivity contribution >= 4 is 39.7 Å². The Bertz CT molecular complexity index is 950. The van der Waals surface area contributed by atoms with Crippen LogP contribution in [0.15, 0.2) is 54.9 Å². The third-order valence-corrected chi connectivity index (χ3v) is 5.09. The van der Waals surface area contributed by atoms with Gasteiger partial charge >= 0.3 is 0 Å². The van der Waals surface area contributed by atoms with E-state index in [1.54, 1.807) is 6.07 Å². The van der Waals surface area contributed by atoms with Crippen molar-refractivity contribution in [2.24, 2.45) is 5.73 Å². The summed E-state index contributed by atoms with van der Waals surface area (Å²) in [4.78, 5) is 20.6. The smallest absolute Gasteiger partial charge is 0.248 e. The van der Waals surface area contributed by atoms with E-state index in [2.05, 4.69) is 26.9 Å². The Hall–Kier alpha value is -2.79. The molecule has 3 aromatic rings. The fourth-order valence-corrected chi connectivity index (χ4v) is 3.54. The van der Waals surface area contributed by atoms with Crippen LogP contribution in [0.1, 0.15) is 10.4 Å². The molecule has 0 radical (unpaired) electrons. The number of nitrogens with two attached hydrogens (primary N) is 1. The van der Waals surface area contributed by atoms with E-state index in [9.17, 15) is 4.79 Å². The molecule has 1 aliphatic rings. The summed E-state index contributed by atoms with van der Waals surface area (Å²) in [6, 6.07) is 13.4. The highest BCUT2D eigenvalue weighted by Gasteiger charge is 2.19. The minimum Gasteiger partial charge on any atom is -0.368 e. The van der Waals surface area contributed by atoms with Gasteiger partial charge in [0.05, 0.1) is 11.9 Å². The molecule has 1 fully saturated rings. The number of rotatable bonds is 3. The Morgan fingerprint density at radius 2 is 1.65 bits per heavy atom. The Kier molecular flexibility index (Phi) is 4.39. The predicted octanol–water partition coefficient (Wildman–Crippen LogP) is 3.31. The van der Waals surface area contributed by atoms with Gasteiger partial charge < -0.3 is 15.5 Å². The van der Waals surface area contributed by atoms with Gasteiger partial charge in [0.15, 0.2) is 0 Å². The number of primary amides is 1. The number of carbonyl (C=O) groups excluding carboxylic acids is 1. The van der Waals surface area contributed by atoms with Gasteiger partial charge in [-0.2, -0.15) is 0 Å². The van der Waals surface area contributed by atoms with Gasteiger partial charge in [0.25, 0.3) is 0 Å². The number of pyridine rings is 1. The van der Waals surface area contributed by atoms with Crippen molar-refractivity contribution in [3.8, 4) is 0 Å². The normalized spacial score (nSPS) is 14.7. The summed E-state index contributed by atoms with van der Waals surface area (Å²) in [5, 5.41) is 2.77. The second-order valence-corrected chi connectivity index (χ2v) is 6.85. The van der Waals surface area contributed by atoms with Crippen molar-refractivity contribution in [2.75, 3.05) is 36.0 Å². The molecule has 0 aliphatic carbocycles. The van der Waals surface area contributed by atoms with Crippen molar-refractivity contribution in [1.29, 1.82) is 0 Å². The number of anilines is 2. The van der Waals surface area contributed by atoms with Crippen LogP contribution in [0.25, 0.3) is 10.8 Å². The lowest BCUT2D eigenvalue weighted by atomic mass is 10.1. The predicted molar refractivity (Wildman–Crippen MR) is 106 cm³/mol. The van der Waals surface area contributed by atoms with Gasteiger partial charge in [0.1, 0.15) is 0 Å². The number of halogens is 1. The molecule has 132 valence electrons. The van der Waals surface area contributed by atoms with Crippen LogP contribution in [-0.2, 0) is 0 Å². The van der Waals surface area contributed by atoms with Crippen LogP contribution in [0.5, 0.6) is 0 Å². The largest absolute Gasteiger partial charge is 0.368 e. The highest BCUT2D eigenvalue weighted by Crippen LogP contribution is 2.28. The molecule has 0 spiro atoms. The lowest BCUT2D eigenvalue weighted by Gasteiger charge is -2.37. The van der Waals surface area contributed by atoms with Gasteiger partial charge in [-0.15, -0.1) is 0 Å². The van der Waals surface area contributed by atoms with Gasteiger partial charge in [0.2, 0.25) is 5.91 Å². The maximum absolute atomic E-state index is 11.5. The summed E-state index contributed by atoms with van der Waals surface area (Å²) < 4.78 is 0. The molecule has 2 aromatic carbocycles. The Balaban J connectivity index is 1.58. The lowest BCUT2D eigenvalue weighted by molar-refractivity contribution is 0.100. The molecule has 1 aromatic heterocycles. The summed E-state index contributed by atoms with van der Waals surface area (Å²) in [7, 11) is 0. The van der Waals surface area contributed by atoms with E-state index in [0.717, 1.165) is 47.7 Å². The number of amides is 1. The zero-order valence-corrected chi connectivity index (χ0v) is 15.0. The summed E-state index contributed by atoms with van der Waals surface area (Å²) in [6.45, 7) is 3.58. The van der Waals surface area contributed by atoms with Crippen molar-refractivity contribution in [1.82, 2.24) is 4.98 Å². The summed E-state index contributed by atoms with van der Waals surface area (Å²) in [5.74, 6) is -0.415. The lowest BCUT2D eigenvalue weighted by Crippen LogP contribution is -2.46. The quantitative estimate of drug-likeness (QED) is 0.772. The first-order valence-corrected chi connectivity index (χ1v) is 8.93. The van der Waals surface area contributed by atoms with Gasteiger partial charge in [-0.05, 0) is 36.4 Å². The standard InChI is InChI=1S/C20H19ClN4O/c21-16-3-5-17(6-4-16)24-7-9-25(10-8-24)19-13-23-12-15-2-1-14(20(22)26)11-18(15)19/h1-6,11-13H,7-10H2,(H2,22,26). The first kappa shape index (κ1) is 16.7. The molecule has 26 heavy (non-hydrogen) atoms. The minimum atomic E-state index is -0.415. The zero-order chi connectivity index (χ0) is 18.1. The third kappa shape index (κ3) is 3.18. The average Bonchev–Trinajstić information content (AvgIpc) is 2.68. The molecular weight excluding hydrogens is 348 g/mol. The number of aromatic nitrogens is 1. The molecule has 1 amide bonds. The minimum absolute atomic E-state index is 0.415. The van der Waals surface area contributed by atoms with E-state index < -0.39 is 5.91 Å². The number of nitrogens with zero attached hydrogens (tertiary/aromatic N) is 3. The van der Waals surface area contributed by atoms with Crippen molar-refractivity contribution in [3.05, 3.63) is 65.4 Å². The fraction of sp³-hybridized carbons (Fsp3) is 0.200. The number of fused-ring (bicyclic) bond motifs is 1. The van der Waals surface area contributed by atoms with Crippen molar-refractivity contribution in [2.45, 2.75) is 0 Å². The molecular formula is C20H19ClN4O. The number of hydrogen-bond donors (Lipinski definition) is 1. The van der Waals surface area contributed by atoms with Crippen LogP contribution >= 0.6 is 11.6 Å². The zero-order valence-electron chi connectivity index (χ0n) is 14.2. The summed E-state index contributed by atoms with van der Waals surface area (Å²) in [5.41, 5.74) is 8.19. The fourth-order valence-electron chi connectivity index (χ4n) is 3.41. The Labute approximate surface area is 157 Å². The van der Waals surface area contributed by atoms with E-state index >= 15 is 0 Å². The van der Waals surface area contributed by atoms with Crippen LogP contribution in [0.3, 0.4) is 0 Å². The molecule has 2 N–H and O–H groups in total. The number of benzene rings is 2. The van der Waals surface area contributed by atoms with Gasteiger partial charge in [0, 0.05) is 59.4 Å². The van der Waals surface area contributed by atoms with Crippen LogP contribution in [0.2, 0.25) is 5.02 Å². The van der Waals surface area contributed by atoms with Crippen molar-refractivity contribution < 1.29 is 4.79 Å². The molecule has 2 heterocycles. The summed E-state index contributed by atoms with van der Waals surface area (Å²) in [6.07, 6.45) is 3.68. The Morgan fingerprint density at radius 3 is 2.35 bits per heavy atom. The highest BCUT2D eigenvalue weighted by atomic mass is 35.5. The molecule has 6 heteroatoms. The van der Waals surface area contributed by atoms with Crippen LogP contribution in [0, 0.1) is 0 Å². The third-order valence-electron chi connectivity index (χ3n) is 4.84. The van der Waals surface area contributed by atoms with E-state index in [0.29, 0.717) is 5.56 Å². The monoisotopic (exact) mass is 366 g/mol. The van der Waals surface area contributed by atoms with Crippen LogP contribution in [0.4, 0.5) is 11.4 Å². The number of hydrogen-bond acceptors (Lipinski definition) is 4. The molecule has 1 aliphatic heterocycles. The van der Waals surface area contributed by atoms with E-state index in [4.69, 9.17) is 17.3 Å². The number of piperazine rings is 1. The second-order valence-electron chi connectivity index (χ2n) is 6.41. The second kappa shape index (κ2) is 6.84. The molecule has 4 rings (SSSR count). The first-order valence-electron chi connectivity index (χ1n) is 8.55. The molecule has 5 nitrogen and oxygen atoms in total. The van der Waals surface area contributed by atoms with E-state index in [1.807, 2.05) is 36.7 Å². The van der Waals surface area contributed by atoms with E-state index in [1.165, 1.54) is 5.69 Å². The SMILES string of the molecule is NC(=O)c1ccc2cncc(N3CCN(c4ccc(Cl)cc4)CC3)c2c1. The molecule has 1 saturated heterocycles.